The number of hydrogen-bond acceptors (Lipinski definition) is 5. The Morgan fingerprint density at radius 2 is 2.33 bits per heavy atom. The van der Waals surface area contributed by atoms with E-state index in [0.29, 0.717) is 6.42 Å². The van der Waals surface area contributed by atoms with Crippen LogP contribution in [0, 0.1) is 0 Å². The van der Waals surface area contributed by atoms with E-state index in [1.54, 1.807) is 11.3 Å². The maximum absolute atomic E-state index is 11.0. The van der Waals surface area contributed by atoms with E-state index in [9.17, 15) is 8.42 Å². The van der Waals surface area contributed by atoms with Crippen molar-refractivity contribution in [3.05, 3.63) is 22.4 Å². The SMILES string of the molecule is CS(=O)(=O)CCC(Cc1cccs1)NN. The van der Waals surface area contributed by atoms with Gasteiger partial charge in [-0.05, 0) is 24.3 Å². The first-order valence-corrected chi connectivity index (χ1v) is 7.61. The van der Waals surface area contributed by atoms with Crippen molar-refractivity contribution < 1.29 is 8.42 Å². The van der Waals surface area contributed by atoms with Crippen LogP contribution < -0.4 is 11.3 Å². The lowest BCUT2D eigenvalue weighted by molar-refractivity contribution is 0.509. The molecule has 1 heterocycles. The summed E-state index contributed by atoms with van der Waals surface area (Å²) in [5.41, 5.74) is 2.66. The Labute approximate surface area is 94.4 Å². The van der Waals surface area contributed by atoms with Crippen molar-refractivity contribution in [1.82, 2.24) is 5.43 Å². The van der Waals surface area contributed by atoms with E-state index in [1.807, 2.05) is 17.5 Å². The van der Waals surface area contributed by atoms with Gasteiger partial charge in [-0.1, -0.05) is 6.07 Å². The van der Waals surface area contributed by atoms with Gasteiger partial charge in [-0.2, -0.15) is 0 Å². The van der Waals surface area contributed by atoms with Crippen LogP contribution in [0.2, 0.25) is 0 Å². The van der Waals surface area contributed by atoms with Crippen molar-refractivity contribution in [2.75, 3.05) is 12.0 Å². The summed E-state index contributed by atoms with van der Waals surface area (Å²) in [5, 5.41) is 2.00. The molecule has 15 heavy (non-hydrogen) atoms. The van der Waals surface area contributed by atoms with Gasteiger partial charge in [0.2, 0.25) is 0 Å². The molecule has 0 saturated heterocycles. The Bertz CT molecular complexity index is 373. The lowest BCUT2D eigenvalue weighted by Crippen LogP contribution is -2.37. The number of rotatable bonds is 6. The molecule has 4 nitrogen and oxygen atoms in total. The van der Waals surface area contributed by atoms with Crippen LogP contribution in [0.25, 0.3) is 0 Å². The molecule has 0 fully saturated rings. The van der Waals surface area contributed by atoms with E-state index >= 15 is 0 Å². The molecule has 0 bridgehead atoms. The standard InChI is InChI=1S/C9H16N2O2S2/c1-15(12,13)6-4-8(11-10)7-9-3-2-5-14-9/h2-3,5,8,11H,4,6-7,10H2,1H3. The zero-order valence-electron chi connectivity index (χ0n) is 8.64. The number of sulfone groups is 1. The Hall–Kier alpha value is -0.430. The van der Waals surface area contributed by atoms with Crippen LogP contribution in [0.3, 0.4) is 0 Å². The zero-order chi connectivity index (χ0) is 11.3. The summed E-state index contributed by atoms with van der Waals surface area (Å²) < 4.78 is 22.0. The summed E-state index contributed by atoms with van der Waals surface area (Å²) >= 11 is 1.65. The lowest BCUT2D eigenvalue weighted by Gasteiger charge is -2.13. The fraction of sp³-hybridized carbons (Fsp3) is 0.556. The van der Waals surface area contributed by atoms with Gasteiger partial charge < -0.3 is 0 Å². The molecule has 0 aliphatic rings. The number of thiophene rings is 1. The molecule has 1 rings (SSSR count). The summed E-state index contributed by atoms with van der Waals surface area (Å²) in [7, 11) is -2.90. The topological polar surface area (TPSA) is 72.2 Å². The first-order valence-electron chi connectivity index (χ1n) is 4.67. The van der Waals surface area contributed by atoms with Crippen LogP contribution in [0.5, 0.6) is 0 Å². The van der Waals surface area contributed by atoms with E-state index in [2.05, 4.69) is 5.43 Å². The highest BCUT2D eigenvalue weighted by Crippen LogP contribution is 2.12. The first kappa shape index (κ1) is 12.6. The van der Waals surface area contributed by atoms with Gasteiger partial charge in [-0.3, -0.25) is 11.3 Å². The van der Waals surface area contributed by atoms with E-state index < -0.39 is 9.84 Å². The van der Waals surface area contributed by atoms with Crippen LogP contribution in [-0.4, -0.2) is 26.5 Å². The van der Waals surface area contributed by atoms with E-state index in [1.165, 1.54) is 11.1 Å². The maximum atomic E-state index is 11.0. The highest BCUT2D eigenvalue weighted by Gasteiger charge is 2.11. The lowest BCUT2D eigenvalue weighted by atomic mass is 10.1. The van der Waals surface area contributed by atoms with Crippen LogP contribution >= 0.6 is 11.3 Å². The van der Waals surface area contributed by atoms with Crippen LogP contribution in [0.1, 0.15) is 11.3 Å². The fourth-order valence-electron chi connectivity index (χ4n) is 1.27. The van der Waals surface area contributed by atoms with E-state index in [0.717, 1.165) is 6.42 Å². The molecule has 0 spiro atoms. The number of nitrogens with two attached hydrogens (primary N) is 1. The maximum Gasteiger partial charge on any atom is 0.147 e. The minimum Gasteiger partial charge on any atom is -0.271 e. The average molecular weight is 248 g/mol. The summed E-state index contributed by atoms with van der Waals surface area (Å²) in [6.45, 7) is 0. The fourth-order valence-corrected chi connectivity index (χ4v) is 2.77. The molecule has 1 aromatic rings. The zero-order valence-corrected chi connectivity index (χ0v) is 10.3. The number of nitrogens with one attached hydrogen (secondary N) is 1. The summed E-state index contributed by atoms with van der Waals surface area (Å²) in [6.07, 6.45) is 2.57. The molecular formula is C9H16N2O2S2. The van der Waals surface area contributed by atoms with Crippen molar-refractivity contribution >= 4 is 21.2 Å². The van der Waals surface area contributed by atoms with Gasteiger partial charge in [0.1, 0.15) is 9.84 Å². The largest absolute Gasteiger partial charge is 0.271 e. The van der Waals surface area contributed by atoms with Gasteiger partial charge >= 0.3 is 0 Å². The summed E-state index contributed by atoms with van der Waals surface area (Å²) in [6, 6.07) is 4.03. The van der Waals surface area contributed by atoms with Gasteiger partial charge in [0, 0.05) is 17.2 Å². The number of hydrazine groups is 1. The molecule has 0 saturated carbocycles. The molecule has 0 aliphatic carbocycles. The van der Waals surface area contributed by atoms with Crippen molar-refractivity contribution in [2.45, 2.75) is 18.9 Å². The molecular weight excluding hydrogens is 232 g/mol. The molecule has 0 aromatic carbocycles. The third-order valence-electron chi connectivity index (χ3n) is 2.10. The van der Waals surface area contributed by atoms with Gasteiger partial charge in [0.15, 0.2) is 0 Å². The Morgan fingerprint density at radius 3 is 2.80 bits per heavy atom. The average Bonchev–Trinajstić information content (AvgIpc) is 2.63. The highest BCUT2D eigenvalue weighted by molar-refractivity contribution is 7.90. The van der Waals surface area contributed by atoms with Crippen molar-refractivity contribution in [3.8, 4) is 0 Å². The predicted octanol–water partition coefficient (Wildman–Crippen LogP) is 0.557. The minimum atomic E-state index is -2.90. The van der Waals surface area contributed by atoms with E-state index in [4.69, 9.17) is 5.84 Å². The normalized spacial score (nSPS) is 14.0. The molecule has 6 heteroatoms. The smallest absolute Gasteiger partial charge is 0.147 e. The quantitative estimate of drug-likeness (QED) is 0.570. The molecule has 0 radical (unpaired) electrons. The molecule has 0 amide bonds. The third kappa shape index (κ3) is 5.27. The van der Waals surface area contributed by atoms with Gasteiger partial charge in [-0.15, -0.1) is 11.3 Å². The predicted molar refractivity (Wildman–Crippen MR) is 63.5 cm³/mol. The second kappa shape index (κ2) is 5.60. The number of hydrogen-bond donors (Lipinski definition) is 2. The van der Waals surface area contributed by atoms with Crippen molar-refractivity contribution in [2.24, 2.45) is 5.84 Å². The second-order valence-corrected chi connectivity index (χ2v) is 6.86. The van der Waals surface area contributed by atoms with Crippen LogP contribution in [-0.2, 0) is 16.3 Å². The van der Waals surface area contributed by atoms with E-state index in [-0.39, 0.29) is 11.8 Å². The van der Waals surface area contributed by atoms with Crippen molar-refractivity contribution in [1.29, 1.82) is 0 Å². The third-order valence-corrected chi connectivity index (χ3v) is 3.98. The molecule has 3 N–H and O–H groups in total. The first-order chi connectivity index (χ1) is 7.01. The monoisotopic (exact) mass is 248 g/mol. The molecule has 86 valence electrons. The highest BCUT2D eigenvalue weighted by atomic mass is 32.2. The Morgan fingerprint density at radius 1 is 1.60 bits per heavy atom. The second-order valence-electron chi connectivity index (χ2n) is 3.57. The molecule has 1 atom stereocenters. The molecule has 1 unspecified atom stereocenters. The Balaban J connectivity index is 2.43. The van der Waals surface area contributed by atoms with Crippen LogP contribution in [0.15, 0.2) is 17.5 Å². The molecule has 1 aromatic heterocycles. The van der Waals surface area contributed by atoms with Crippen LogP contribution in [0.4, 0.5) is 0 Å². The van der Waals surface area contributed by atoms with Gasteiger partial charge in [0.05, 0.1) is 5.75 Å². The summed E-state index contributed by atoms with van der Waals surface area (Å²) in [5.74, 6) is 5.55. The molecule has 0 aliphatic heterocycles. The van der Waals surface area contributed by atoms with Gasteiger partial charge in [-0.25, -0.2) is 8.42 Å². The summed E-state index contributed by atoms with van der Waals surface area (Å²) in [4.78, 5) is 1.21. The van der Waals surface area contributed by atoms with Crippen molar-refractivity contribution in [3.63, 3.8) is 0 Å². The van der Waals surface area contributed by atoms with Gasteiger partial charge in [0.25, 0.3) is 0 Å². The minimum absolute atomic E-state index is 0.0263. The Kier molecular flexibility index (Phi) is 4.72.